The van der Waals surface area contributed by atoms with Crippen molar-refractivity contribution in [2.75, 3.05) is 5.32 Å². The molecule has 116 valence electrons. The highest BCUT2D eigenvalue weighted by Crippen LogP contribution is 2.28. The lowest BCUT2D eigenvalue weighted by Crippen LogP contribution is -2.43. The second kappa shape index (κ2) is 6.97. The maximum Gasteiger partial charge on any atom is 0.319 e. The van der Waals surface area contributed by atoms with E-state index < -0.39 is 0 Å². The molecule has 2 amide bonds. The Balaban J connectivity index is 2.06. The van der Waals surface area contributed by atoms with Gasteiger partial charge in [0.1, 0.15) is 0 Å². The van der Waals surface area contributed by atoms with Gasteiger partial charge in [0, 0.05) is 11.7 Å². The Morgan fingerprint density at radius 2 is 1.95 bits per heavy atom. The standard InChI is InChI=1S/C18H28N2O/c1-12(2)15-10-7-9-14(4)17(15)20-18(21)19-16-11-6-5-8-13(16)3/h7,9-10,12-13,16H,5-6,8,11H2,1-4H3,(H2,19,20,21)/t13-,16-/m1/s1. The molecule has 1 fully saturated rings. The summed E-state index contributed by atoms with van der Waals surface area (Å²) in [4.78, 5) is 12.3. The second-order valence-electron chi connectivity index (χ2n) is 6.66. The van der Waals surface area contributed by atoms with Crippen LogP contribution in [0.4, 0.5) is 10.5 Å². The molecule has 0 bridgehead atoms. The highest BCUT2D eigenvalue weighted by Gasteiger charge is 2.23. The molecule has 0 aromatic heterocycles. The minimum absolute atomic E-state index is 0.0649. The zero-order chi connectivity index (χ0) is 15.4. The van der Waals surface area contributed by atoms with Gasteiger partial charge in [0.15, 0.2) is 0 Å². The number of amides is 2. The highest BCUT2D eigenvalue weighted by atomic mass is 16.2. The minimum Gasteiger partial charge on any atom is -0.335 e. The molecule has 2 atom stereocenters. The topological polar surface area (TPSA) is 41.1 Å². The quantitative estimate of drug-likeness (QED) is 0.822. The molecule has 2 rings (SSSR count). The number of hydrogen-bond acceptors (Lipinski definition) is 1. The first-order valence-electron chi connectivity index (χ1n) is 8.16. The normalized spacial score (nSPS) is 22.1. The molecule has 1 aliphatic carbocycles. The zero-order valence-electron chi connectivity index (χ0n) is 13.7. The van der Waals surface area contributed by atoms with Crippen molar-refractivity contribution in [1.82, 2.24) is 5.32 Å². The number of para-hydroxylation sites is 1. The largest absolute Gasteiger partial charge is 0.335 e. The van der Waals surface area contributed by atoms with E-state index in [0.717, 1.165) is 17.7 Å². The summed E-state index contributed by atoms with van der Waals surface area (Å²) in [6.45, 7) is 8.59. The van der Waals surface area contributed by atoms with Crippen LogP contribution in [-0.4, -0.2) is 12.1 Å². The molecule has 1 aromatic rings. The van der Waals surface area contributed by atoms with Crippen LogP contribution >= 0.6 is 0 Å². The van der Waals surface area contributed by atoms with E-state index >= 15 is 0 Å². The van der Waals surface area contributed by atoms with Gasteiger partial charge in [0.05, 0.1) is 0 Å². The van der Waals surface area contributed by atoms with E-state index in [-0.39, 0.29) is 6.03 Å². The number of carbonyl (C=O) groups is 1. The lowest BCUT2D eigenvalue weighted by molar-refractivity contribution is 0.232. The number of anilines is 1. The van der Waals surface area contributed by atoms with Crippen molar-refractivity contribution in [1.29, 1.82) is 0 Å². The Bertz CT molecular complexity index is 496. The summed E-state index contributed by atoms with van der Waals surface area (Å²) >= 11 is 0. The molecule has 3 nitrogen and oxygen atoms in total. The van der Waals surface area contributed by atoms with Gasteiger partial charge in [-0.15, -0.1) is 0 Å². The maximum absolute atomic E-state index is 12.3. The van der Waals surface area contributed by atoms with E-state index in [1.165, 1.54) is 24.8 Å². The van der Waals surface area contributed by atoms with E-state index in [4.69, 9.17) is 0 Å². The predicted octanol–water partition coefficient (Wildman–Crippen LogP) is 4.82. The number of aryl methyl sites for hydroxylation is 1. The van der Waals surface area contributed by atoms with Crippen molar-refractivity contribution in [3.05, 3.63) is 29.3 Å². The molecule has 1 aromatic carbocycles. The molecular formula is C18H28N2O. The van der Waals surface area contributed by atoms with Crippen LogP contribution in [0.1, 0.15) is 63.5 Å². The first-order valence-corrected chi connectivity index (χ1v) is 8.16. The Labute approximate surface area is 128 Å². The number of rotatable bonds is 3. The summed E-state index contributed by atoms with van der Waals surface area (Å²) in [7, 11) is 0. The molecule has 21 heavy (non-hydrogen) atoms. The first kappa shape index (κ1) is 15.9. The lowest BCUT2D eigenvalue weighted by Gasteiger charge is -2.29. The Morgan fingerprint density at radius 1 is 1.24 bits per heavy atom. The molecular weight excluding hydrogens is 260 g/mol. The van der Waals surface area contributed by atoms with Crippen LogP contribution in [0.3, 0.4) is 0 Å². The van der Waals surface area contributed by atoms with Gasteiger partial charge in [0.2, 0.25) is 0 Å². The Hall–Kier alpha value is -1.51. The van der Waals surface area contributed by atoms with E-state index in [9.17, 15) is 4.79 Å². The van der Waals surface area contributed by atoms with E-state index in [2.05, 4.69) is 43.5 Å². The van der Waals surface area contributed by atoms with Crippen LogP contribution in [0, 0.1) is 12.8 Å². The molecule has 2 N–H and O–H groups in total. The first-order chi connectivity index (χ1) is 9.99. The van der Waals surface area contributed by atoms with Crippen LogP contribution in [-0.2, 0) is 0 Å². The van der Waals surface area contributed by atoms with Crippen LogP contribution < -0.4 is 10.6 Å². The molecule has 0 spiro atoms. The van der Waals surface area contributed by atoms with Gasteiger partial charge in [-0.25, -0.2) is 4.79 Å². The van der Waals surface area contributed by atoms with Crippen molar-refractivity contribution in [2.24, 2.45) is 5.92 Å². The number of benzene rings is 1. The van der Waals surface area contributed by atoms with Crippen LogP contribution in [0.15, 0.2) is 18.2 Å². The van der Waals surface area contributed by atoms with Gasteiger partial charge < -0.3 is 10.6 Å². The number of carbonyl (C=O) groups excluding carboxylic acids is 1. The predicted molar refractivity (Wildman–Crippen MR) is 88.8 cm³/mol. The number of nitrogens with one attached hydrogen (secondary N) is 2. The van der Waals surface area contributed by atoms with Crippen molar-refractivity contribution in [3.8, 4) is 0 Å². The fraction of sp³-hybridized carbons (Fsp3) is 0.611. The summed E-state index contributed by atoms with van der Waals surface area (Å²) in [5.74, 6) is 0.972. The Morgan fingerprint density at radius 3 is 2.62 bits per heavy atom. The van der Waals surface area contributed by atoms with Crippen LogP contribution in [0.25, 0.3) is 0 Å². The Kier molecular flexibility index (Phi) is 5.27. The smallest absolute Gasteiger partial charge is 0.319 e. The SMILES string of the molecule is Cc1cccc(C(C)C)c1NC(=O)N[C@@H]1CCCC[C@H]1C. The van der Waals surface area contributed by atoms with Crippen LogP contribution in [0.5, 0.6) is 0 Å². The number of hydrogen-bond donors (Lipinski definition) is 2. The van der Waals surface area contributed by atoms with Gasteiger partial charge in [-0.2, -0.15) is 0 Å². The third-order valence-corrected chi connectivity index (χ3v) is 4.59. The monoisotopic (exact) mass is 288 g/mol. The summed E-state index contributed by atoms with van der Waals surface area (Å²) in [5.41, 5.74) is 3.28. The van der Waals surface area contributed by atoms with Gasteiger partial charge in [-0.1, -0.05) is 51.8 Å². The third kappa shape index (κ3) is 3.99. The van der Waals surface area contributed by atoms with E-state index in [1.807, 2.05) is 13.0 Å². The molecule has 0 saturated heterocycles. The second-order valence-corrected chi connectivity index (χ2v) is 6.66. The molecule has 0 radical (unpaired) electrons. The van der Waals surface area contributed by atoms with Gasteiger partial charge in [0.25, 0.3) is 0 Å². The zero-order valence-corrected chi connectivity index (χ0v) is 13.7. The molecule has 0 unspecified atom stereocenters. The van der Waals surface area contributed by atoms with Crippen molar-refractivity contribution >= 4 is 11.7 Å². The van der Waals surface area contributed by atoms with Crippen molar-refractivity contribution in [2.45, 2.75) is 65.3 Å². The molecule has 1 aliphatic rings. The van der Waals surface area contributed by atoms with Gasteiger partial charge >= 0.3 is 6.03 Å². The fourth-order valence-corrected chi connectivity index (χ4v) is 3.19. The lowest BCUT2D eigenvalue weighted by atomic mass is 9.86. The van der Waals surface area contributed by atoms with Gasteiger partial charge in [-0.3, -0.25) is 0 Å². The average Bonchev–Trinajstić information content (AvgIpc) is 2.43. The molecule has 0 aliphatic heterocycles. The summed E-state index contributed by atoms with van der Waals surface area (Å²) in [6.07, 6.45) is 4.82. The van der Waals surface area contributed by atoms with Crippen molar-refractivity contribution < 1.29 is 4.79 Å². The fourth-order valence-electron chi connectivity index (χ4n) is 3.19. The minimum atomic E-state index is -0.0649. The number of urea groups is 1. The van der Waals surface area contributed by atoms with Crippen LogP contribution in [0.2, 0.25) is 0 Å². The van der Waals surface area contributed by atoms with E-state index in [0.29, 0.717) is 17.9 Å². The molecule has 1 saturated carbocycles. The summed E-state index contributed by atoms with van der Waals surface area (Å²) < 4.78 is 0. The third-order valence-electron chi connectivity index (χ3n) is 4.59. The maximum atomic E-state index is 12.3. The van der Waals surface area contributed by atoms with E-state index in [1.54, 1.807) is 0 Å². The molecule has 0 heterocycles. The molecule has 3 heteroatoms. The highest BCUT2D eigenvalue weighted by molar-refractivity contribution is 5.91. The summed E-state index contributed by atoms with van der Waals surface area (Å²) in [5, 5.41) is 6.24. The summed E-state index contributed by atoms with van der Waals surface area (Å²) in [6, 6.07) is 6.44. The average molecular weight is 288 g/mol. The van der Waals surface area contributed by atoms with Gasteiger partial charge in [-0.05, 0) is 42.7 Å². The van der Waals surface area contributed by atoms with Crippen molar-refractivity contribution in [3.63, 3.8) is 0 Å².